The molecule has 0 aromatic heterocycles. The summed E-state index contributed by atoms with van der Waals surface area (Å²) in [5, 5.41) is 44.7. The Morgan fingerprint density at radius 2 is 1.22 bits per heavy atom. The molecular weight excluding hydrogens is 536 g/mol. The molecule has 0 radical (unpaired) electrons. The molecule has 13 heteroatoms. The lowest BCUT2D eigenvalue weighted by Gasteiger charge is -2.28. The molecule has 13 nitrogen and oxygen atoms in total. The lowest BCUT2D eigenvalue weighted by Crippen LogP contribution is -2.59. The number of aliphatic carboxylic acids is 2. The first-order valence-electron chi connectivity index (χ1n) is 13.0. The molecule has 0 saturated heterocycles. The Hall–Kier alpha value is -4.65. The number of rotatable bonds is 15. The fraction of sp³-hybridized carbons (Fsp3) is 0.393. The summed E-state index contributed by atoms with van der Waals surface area (Å²) >= 11 is 0. The standard InChI is InChI=1S/C28H36N4O9/c1-3-15(2)24(27(39)31-22(28(40)41)14-23(35)36)32-26(38)21(13-17-6-10-19(34)11-7-17)30-25(37)20(29)12-16-4-8-18(33)9-5-16/h4-11,15,20-22,24,33-34H,3,12-14,29H2,1-2H3,(H,30,37)(H,31,39)(H,32,38)(H,35,36)(H,40,41). The van der Waals surface area contributed by atoms with Gasteiger partial charge in [0.1, 0.15) is 29.6 Å². The Labute approximate surface area is 236 Å². The quantitative estimate of drug-likeness (QED) is 0.145. The number of amides is 3. The smallest absolute Gasteiger partial charge is 0.326 e. The highest BCUT2D eigenvalue weighted by Crippen LogP contribution is 2.14. The molecule has 0 aliphatic heterocycles. The maximum Gasteiger partial charge on any atom is 0.326 e. The number of phenols is 2. The van der Waals surface area contributed by atoms with E-state index in [4.69, 9.17) is 10.8 Å². The second kappa shape index (κ2) is 15.2. The van der Waals surface area contributed by atoms with Gasteiger partial charge in [0.15, 0.2) is 0 Å². The number of carbonyl (C=O) groups is 5. The molecule has 0 spiro atoms. The topological polar surface area (TPSA) is 228 Å². The van der Waals surface area contributed by atoms with Crippen molar-refractivity contribution in [3.05, 3.63) is 59.7 Å². The predicted octanol–water partition coefficient (Wildman–Crippen LogP) is 0.270. The maximum absolute atomic E-state index is 13.5. The average molecular weight is 573 g/mol. The number of hydrogen-bond donors (Lipinski definition) is 8. The van der Waals surface area contributed by atoms with Crippen LogP contribution in [-0.4, -0.2) is 74.3 Å². The van der Waals surface area contributed by atoms with Crippen molar-refractivity contribution < 1.29 is 44.4 Å². The minimum absolute atomic E-state index is 0.00226. The minimum Gasteiger partial charge on any atom is -0.508 e. The number of phenolic OH excluding ortho intramolecular Hbond substituents is 2. The van der Waals surface area contributed by atoms with Crippen molar-refractivity contribution in [3.63, 3.8) is 0 Å². The number of hydrogen-bond acceptors (Lipinski definition) is 8. The van der Waals surface area contributed by atoms with E-state index in [2.05, 4.69) is 16.0 Å². The van der Waals surface area contributed by atoms with E-state index in [1.807, 2.05) is 0 Å². The molecule has 3 amide bonds. The van der Waals surface area contributed by atoms with Gasteiger partial charge < -0.3 is 42.1 Å². The molecule has 222 valence electrons. The van der Waals surface area contributed by atoms with Crippen LogP contribution in [0.4, 0.5) is 0 Å². The van der Waals surface area contributed by atoms with Crippen LogP contribution in [0, 0.1) is 5.92 Å². The molecule has 0 aliphatic carbocycles. The Kier molecular flexibility index (Phi) is 12.1. The second-order valence-corrected chi connectivity index (χ2v) is 9.78. The average Bonchev–Trinajstić information content (AvgIpc) is 2.92. The van der Waals surface area contributed by atoms with E-state index < -0.39 is 66.2 Å². The van der Waals surface area contributed by atoms with Gasteiger partial charge in [-0.15, -0.1) is 0 Å². The predicted molar refractivity (Wildman–Crippen MR) is 147 cm³/mol. The third-order valence-electron chi connectivity index (χ3n) is 6.52. The van der Waals surface area contributed by atoms with Gasteiger partial charge in [-0.1, -0.05) is 44.5 Å². The first-order chi connectivity index (χ1) is 19.3. The van der Waals surface area contributed by atoms with Gasteiger partial charge in [-0.3, -0.25) is 19.2 Å². The van der Waals surface area contributed by atoms with Gasteiger partial charge in [-0.2, -0.15) is 0 Å². The van der Waals surface area contributed by atoms with Crippen molar-refractivity contribution >= 4 is 29.7 Å². The summed E-state index contributed by atoms with van der Waals surface area (Å²) in [4.78, 5) is 62.0. The van der Waals surface area contributed by atoms with Crippen molar-refractivity contribution in [1.82, 2.24) is 16.0 Å². The number of aromatic hydroxyl groups is 2. The summed E-state index contributed by atoms with van der Waals surface area (Å²) in [7, 11) is 0. The van der Waals surface area contributed by atoms with Crippen LogP contribution in [0.3, 0.4) is 0 Å². The monoisotopic (exact) mass is 572 g/mol. The molecule has 5 atom stereocenters. The molecule has 0 saturated carbocycles. The third-order valence-corrected chi connectivity index (χ3v) is 6.52. The van der Waals surface area contributed by atoms with Gasteiger partial charge >= 0.3 is 11.9 Å². The van der Waals surface area contributed by atoms with Crippen LogP contribution in [0.5, 0.6) is 11.5 Å². The molecule has 2 aromatic rings. The highest BCUT2D eigenvalue weighted by molar-refractivity contribution is 5.95. The van der Waals surface area contributed by atoms with E-state index >= 15 is 0 Å². The van der Waals surface area contributed by atoms with E-state index in [1.54, 1.807) is 38.1 Å². The normalized spacial score (nSPS) is 14.5. The first-order valence-corrected chi connectivity index (χ1v) is 13.0. The molecule has 0 bridgehead atoms. The molecule has 2 rings (SSSR count). The van der Waals surface area contributed by atoms with E-state index in [-0.39, 0.29) is 24.3 Å². The van der Waals surface area contributed by atoms with E-state index in [0.717, 1.165) is 0 Å². The zero-order valence-corrected chi connectivity index (χ0v) is 22.7. The maximum atomic E-state index is 13.5. The van der Waals surface area contributed by atoms with Crippen LogP contribution in [-0.2, 0) is 36.8 Å². The molecule has 9 N–H and O–H groups in total. The van der Waals surface area contributed by atoms with Crippen LogP contribution < -0.4 is 21.7 Å². The summed E-state index contributed by atoms with van der Waals surface area (Å²) in [6, 6.07) is 6.81. The van der Waals surface area contributed by atoms with Crippen LogP contribution in [0.2, 0.25) is 0 Å². The van der Waals surface area contributed by atoms with Crippen molar-refractivity contribution in [1.29, 1.82) is 0 Å². The van der Waals surface area contributed by atoms with Crippen LogP contribution in [0.15, 0.2) is 48.5 Å². The van der Waals surface area contributed by atoms with Gasteiger partial charge in [0.05, 0.1) is 12.5 Å². The third kappa shape index (κ3) is 10.4. The Balaban J connectivity index is 2.26. The Morgan fingerprint density at radius 1 is 0.732 bits per heavy atom. The van der Waals surface area contributed by atoms with Crippen molar-refractivity contribution in [3.8, 4) is 11.5 Å². The van der Waals surface area contributed by atoms with Crippen LogP contribution in [0.1, 0.15) is 37.8 Å². The summed E-state index contributed by atoms with van der Waals surface area (Å²) in [5.41, 5.74) is 7.33. The fourth-order valence-electron chi connectivity index (χ4n) is 3.93. The number of nitrogens with one attached hydrogen (secondary N) is 3. The number of carbonyl (C=O) groups excluding carboxylic acids is 3. The van der Waals surface area contributed by atoms with E-state index in [9.17, 15) is 39.3 Å². The molecule has 0 heterocycles. The number of carboxylic acid groups (broad SMARTS) is 2. The van der Waals surface area contributed by atoms with Gasteiger partial charge in [0.25, 0.3) is 0 Å². The molecule has 41 heavy (non-hydrogen) atoms. The molecule has 2 aromatic carbocycles. The molecule has 5 unspecified atom stereocenters. The largest absolute Gasteiger partial charge is 0.508 e. The zero-order chi connectivity index (χ0) is 30.7. The van der Waals surface area contributed by atoms with Crippen LogP contribution in [0.25, 0.3) is 0 Å². The summed E-state index contributed by atoms with van der Waals surface area (Å²) in [5.74, 6) is -5.72. The Morgan fingerprint density at radius 3 is 1.68 bits per heavy atom. The molecule has 0 aliphatic rings. The van der Waals surface area contributed by atoms with Crippen molar-refractivity contribution in [2.75, 3.05) is 0 Å². The van der Waals surface area contributed by atoms with Gasteiger partial charge in [0.2, 0.25) is 17.7 Å². The lowest BCUT2D eigenvalue weighted by atomic mass is 9.96. The lowest BCUT2D eigenvalue weighted by molar-refractivity contribution is -0.147. The van der Waals surface area contributed by atoms with E-state index in [1.165, 1.54) is 24.3 Å². The molecular formula is C28H36N4O9. The van der Waals surface area contributed by atoms with Gasteiger partial charge in [-0.05, 0) is 47.7 Å². The van der Waals surface area contributed by atoms with Crippen molar-refractivity contribution in [2.45, 2.75) is 63.7 Å². The first kappa shape index (κ1) is 32.6. The fourth-order valence-corrected chi connectivity index (χ4v) is 3.93. The highest BCUT2D eigenvalue weighted by Gasteiger charge is 2.33. The number of nitrogens with two attached hydrogens (primary N) is 1. The Bertz CT molecular complexity index is 1220. The summed E-state index contributed by atoms with van der Waals surface area (Å²) in [6.45, 7) is 3.40. The minimum atomic E-state index is -1.71. The van der Waals surface area contributed by atoms with E-state index in [0.29, 0.717) is 17.5 Å². The summed E-state index contributed by atoms with van der Waals surface area (Å²) < 4.78 is 0. The van der Waals surface area contributed by atoms with Gasteiger partial charge in [0, 0.05) is 6.42 Å². The number of benzene rings is 2. The SMILES string of the molecule is CCC(C)C(NC(=O)C(Cc1ccc(O)cc1)NC(=O)C(N)Cc1ccc(O)cc1)C(=O)NC(CC(=O)O)C(=O)O. The summed E-state index contributed by atoms with van der Waals surface area (Å²) in [6.07, 6.45) is -0.380. The number of carboxylic acids is 2. The molecule has 0 fully saturated rings. The van der Waals surface area contributed by atoms with Crippen molar-refractivity contribution in [2.24, 2.45) is 11.7 Å². The second-order valence-electron chi connectivity index (χ2n) is 9.78. The highest BCUT2D eigenvalue weighted by atomic mass is 16.4. The van der Waals surface area contributed by atoms with Gasteiger partial charge in [-0.25, -0.2) is 4.79 Å². The van der Waals surface area contributed by atoms with Crippen LogP contribution >= 0.6 is 0 Å². The zero-order valence-electron chi connectivity index (χ0n) is 22.7.